The number of aliphatic carboxylic acids is 2. The van der Waals surface area contributed by atoms with Crippen LogP contribution in [0.2, 0.25) is 10.0 Å². The van der Waals surface area contributed by atoms with Crippen molar-refractivity contribution in [2.45, 2.75) is 44.2 Å². The number of carboxylic acids is 2. The molecule has 3 rings (SSSR count). The van der Waals surface area contributed by atoms with Crippen molar-refractivity contribution in [2.75, 3.05) is 0 Å². The normalized spacial score (nSPS) is 18.0. The molecule has 35 heavy (non-hydrogen) atoms. The number of hydrogen-bond donors (Lipinski definition) is 3. The molecule has 0 aromatic heterocycles. The zero-order valence-corrected chi connectivity index (χ0v) is 19.8. The minimum Gasteiger partial charge on any atom is -0.489 e. The van der Waals surface area contributed by atoms with Crippen LogP contribution in [0, 0.1) is 11.7 Å². The van der Waals surface area contributed by atoms with E-state index in [-0.39, 0.29) is 46.2 Å². The number of carboxylic acid groups (broad SMARTS) is 2. The first-order chi connectivity index (χ1) is 16.6. The summed E-state index contributed by atoms with van der Waals surface area (Å²) in [6.07, 6.45) is 0.152. The van der Waals surface area contributed by atoms with Crippen LogP contribution in [0.5, 0.6) is 5.75 Å². The van der Waals surface area contributed by atoms with Gasteiger partial charge in [-0.3, -0.25) is 14.4 Å². The molecular formula is C24H22Cl2FNO7. The molecular weight excluding hydrogens is 504 g/mol. The Bertz CT molecular complexity index is 1160. The number of amides is 1. The molecule has 0 radical (unpaired) electrons. The maximum Gasteiger partial charge on any atom is 0.326 e. The topological polar surface area (TPSA) is 130 Å². The number of nitrogens with one attached hydrogen (secondary N) is 1. The lowest BCUT2D eigenvalue weighted by Crippen LogP contribution is -2.43. The standard InChI is InChI=1S/C24H22Cl2FNO7/c25-20-15(22(31)14-3-1-2-4-16(14)27)7-9-18(21(20)26)35-13-6-5-12(11-13)23(32)28-17(24(33)34)8-10-19(29)30/h1-4,7,9,12-13,17H,5-6,8,10-11H2,(H,28,32)(H,29,30)(H,33,34)/t12-,13-,17-/m0/s1. The number of hydrogen-bond acceptors (Lipinski definition) is 5. The summed E-state index contributed by atoms with van der Waals surface area (Å²) in [6, 6.07) is 7.03. The number of ketones is 1. The van der Waals surface area contributed by atoms with Crippen LogP contribution in [-0.2, 0) is 14.4 Å². The second-order valence-corrected chi connectivity index (χ2v) is 8.89. The summed E-state index contributed by atoms with van der Waals surface area (Å²) in [5, 5.41) is 20.2. The van der Waals surface area contributed by atoms with Crippen molar-refractivity contribution in [2.24, 2.45) is 5.92 Å². The fourth-order valence-electron chi connectivity index (χ4n) is 3.87. The van der Waals surface area contributed by atoms with Gasteiger partial charge in [0.25, 0.3) is 0 Å². The molecule has 0 bridgehead atoms. The maximum atomic E-state index is 14.0. The second-order valence-electron chi connectivity index (χ2n) is 8.13. The van der Waals surface area contributed by atoms with Gasteiger partial charge >= 0.3 is 11.9 Å². The number of halogens is 3. The Balaban J connectivity index is 1.64. The van der Waals surface area contributed by atoms with Crippen LogP contribution in [0.15, 0.2) is 36.4 Å². The maximum absolute atomic E-state index is 14.0. The minimum atomic E-state index is -1.31. The van der Waals surface area contributed by atoms with Gasteiger partial charge < -0.3 is 20.3 Å². The summed E-state index contributed by atoms with van der Waals surface area (Å²) in [4.78, 5) is 47.2. The van der Waals surface area contributed by atoms with Crippen molar-refractivity contribution in [1.82, 2.24) is 5.32 Å². The van der Waals surface area contributed by atoms with Gasteiger partial charge in [-0.15, -0.1) is 0 Å². The van der Waals surface area contributed by atoms with E-state index in [4.69, 9.17) is 33.0 Å². The third kappa shape index (κ3) is 6.49. The van der Waals surface area contributed by atoms with E-state index in [0.29, 0.717) is 12.8 Å². The van der Waals surface area contributed by atoms with Crippen molar-refractivity contribution in [1.29, 1.82) is 0 Å². The van der Waals surface area contributed by atoms with Gasteiger partial charge in [0.1, 0.15) is 22.6 Å². The van der Waals surface area contributed by atoms with E-state index in [2.05, 4.69) is 5.32 Å². The molecule has 1 saturated carbocycles. The van der Waals surface area contributed by atoms with E-state index >= 15 is 0 Å². The monoisotopic (exact) mass is 525 g/mol. The van der Waals surface area contributed by atoms with Crippen molar-refractivity contribution >= 4 is 46.8 Å². The largest absolute Gasteiger partial charge is 0.489 e. The highest BCUT2D eigenvalue weighted by atomic mass is 35.5. The van der Waals surface area contributed by atoms with Crippen molar-refractivity contribution in [3.05, 3.63) is 63.4 Å². The summed E-state index contributed by atoms with van der Waals surface area (Å²) in [5.41, 5.74) is -0.134. The summed E-state index contributed by atoms with van der Waals surface area (Å²) in [5.74, 6) is -4.61. The lowest BCUT2D eigenvalue weighted by molar-refractivity contribution is -0.143. The Kier molecular flexibility index (Phi) is 8.69. The zero-order chi connectivity index (χ0) is 25.7. The molecule has 1 fully saturated rings. The van der Waals surface area contributed by atoms with Crippen molar-refractivity contribution < 1.29 is 38.5 Å². The van der Waals surface area contributed by atoms with Gasteiger partial charge in [0.15, 0.2) is 5.78 Å². The molecule has 0 spiro atoms. The van der Waals surface area contributed by atoms with E-state index in [9.17, 15) is 28.7 Å². The van der Waals surface area contributed by atoms with Crippen LogP contribution in [0.1, 0.15) is 48.0 Å². The van der Waals surface area contributed by atoms with Crippen LogP contribution in [-0.4, -0.2) is 46.0 Å². The minimum absolute atomic E-state index is 0.0128. The molecule has 2 aromatic rings. The molecule has 8 nitrogen and oxygen atoms in total. The van der Waals surface area contributed by atoms with Gasteiger partial charge in [-0.1, -0.05) is 35.3 Å². The predicted molar refractivity (Wildman–Crippen MR) is 124 cm³/mol. The van der Waals surface area contributed by atoms with Crippen LogP contribution in [0.25, 0.3) is 0 Å². The van der Waals surface area contributed by atoms with Gasteiger partial charge in [-0.25, -0.2) is 9.18 Å². The number of carbonyl (C=O) groups excluding carboxylic acids is 2. The highest BCUT2D eigenvalue weighted by Gasteiger charge is 2.34. The predicted octanol–water partition coefficient (Wildman–Crippen LogP) is 4.35. The van der Waals surface area contributed by atoms with Gasteiger partial charge in [0.05, 0.1) is 16.7 Å². The SMILES string of the molecule is O=C(O)CC[C@H](NC(=O)[C@H]1CC[C@H](Oc2ccc(C(=O)c3ccccc3F)c(Cl)c2Cl)C1)C(=O)O. The summed E-state index contributed by atoms with van der Waals surface area (Å²) < 4.78 is 19.9. The number of ether oxygens (including phenoxy) is 1. The first kappa shape index (κ1) is 26.4. The average Bonchev–Trinajstić information content (AvgIpc) is 3.28. The molecule has 1 amide bonds. The Morgan fingerprint density at radius 2 is 1.74 bits per heavy atom. The quantitative estimate of drug-likeness (QED) is 0.393. The first-order valence-corrected chi connectivity index (χ1v) is 11.5. The summed E-state index contributed by atoms with van der Waals surface area (Å²) >= 11 is 12.6. The summed E-state index contributed by atoms with van der Waals surface area (Å²) in [6.45, 7) is 0. The molecule has 186 valence electrons. The Morgan fingerprint density at radius 1 is 1.03 bits per heavy atom. The molecule has 0 aliphatic heterocycles. The fraction of sp³-hybridized carbons (Fsp3) is 0.333. The molecule has 0 unspecified atom stereocenters. The van der Waals surface area contributed by atoms with E-state index in [1.54, 1.807) is 0 Å². The lowest BCUT2D eigenvalue weighted by Gasteiger charge is -2.18. The van der Waals surface area contributed by atoms with E-state index in [0.717, 1.165) is 6.07 Å². The number of carbonyl (C=O) groups is 4. The van der Waals surface area contributed by atoms with Gasteiger partial charge in [-0.05, 0) is 49.9 Å². The van der Waals surface area contributed by atoms with Crippen LogP contribution >= 0.6 is 23.2 Å². The third-order valence-corrected chi connectivity index (χ3v) is 6.58. The average molecular weight is 526 g/mol. The van der Waals surface area contributed by atoms with E-state index < -0.39 is 47.5 Å². The molecule has 11 heteroatoms. The molecule has 1 aliphatic rings. The van der Waals surface area contributed by atoms with Crippen LogP contribution < -0.4 is 10.1 Å². The van der Waals surface area contributed by atoms with Crippen LogP contribution in [0.4, 0.5) is 4.39 Å². The molecule has 2 aromatic carbocycles. The molecule has 1 aliphatic carbocycles. The number of rotatable bonds is 10. The highest BCUT2D eigenvalue weighted by Crippen LogP contribution is 2.38. The van der Waals surface area contributed by atoms with Gasteiger partial charge in [-0.2, -0.15) is 0 Å². The molecule has 3 N–H and O–H groups in total. The van der Waals surface area contributed by atoms with Crippen molar-refractivity contribution in [3.63, 3.8) is 0 Å². The van der Waals surface area contributed by atoms with Gasteiger partial charge in [0.2, 0.25) is 5.91 Å². The van der Waals surface area contributed by atoms with Gasteiger partial charge in [0, 0.05) is 17.9 Å². The van der Waals surface area contributed by atoms with Crippen molar-refractivity contribution in [3.8, 4) is 5.75 Å². The molecule has 0 heterocycles. The third-order valence-electron chi connectivity index (χ3n) is 5.72. The Hall–Kier alpha value is -3.17. The highest BCUT2D eigenvalue weighted by molar-refractivity contribution is 6.45. The van der Waals surface area contributed by atoms with E-state index in [1.165, 1.54) is 30.3 Å². The first-order valence-electron chi connectivity index (χ1n) is 10.8. The lowest BCUT2D eigenvalue weighted by atomic mass is 10.0. The van der Waals surface area contributed by atoms with E-state index in [1.807, 2.05) is 0 Å². The fourth-order valence-corrected chi connectivity index (χ4v) is 4.32. The Labute approximate surface area is 210 Å². The zero-order valence-electron chi connectivity index (χ0n) is 18.3. The number of benzene rings is 2. The summed E-state index contributed by atoms with van der Waals surface area (Å²) in [7, 11) is 0. The van der Waals surface area contributed by atoms with Crippen LogP contribution in [0.3, 0.4) is 0 Å². The smallest absolute Gasteiger partial charge is 0.326 e. The molecule has 3 atom stereocenters. The molecule has 0 saturated heterocycles. The second kappa shape index (κ2) is 11.5. The Morgan fingerprint density at radius 3 is 2.40 bits per heavy atom.